The smallest absolute Gasteiger partial charge is 0.265 e. The number of methoxy groups -OCH3 is 1. The number of hydrogen-bond acceptors (Lipinski definition) is 6. The molecule has 0 bridgehead atoms. The minimum absolute atomic E-state index is 0.0164. The van der Waals surface area contributed by atoms with Gasteiger partial charge in [-0.3, -0.25) is 13.8 Å². The summed E-state index contributed by atoms with van der Waals surface area (Å²) in [4.78, 5) is 13.0. The molecular weight excluding hydrogens is 562 g/mol. The maximum absolute atomic E-state index is 13.4. The fourth-order valence-electron chi connectivity index (χ4n) is 4.20. The second kappa shape index (κ2) is 10.3. The first-order chi connectivity index (χ1) is 18.6. The molecule has 2 N–H and O–H groups in total. The van der Waals surface area contributed by atoms with Gasteiger partial charge < -0.3 is 10.1 Å². The summed E-state index contributed by atoms with van der Waals surface area (Å²) in [5.74, 6) is -0.0160. The number of carbonyl (C=O) groups excluding carboxylic acids is 1. The summed E-state index contributed by atoms with van der Waals surface area (Å²) < 4.78 is 60.9. The van der Waals surface area contributed by atoms with Crippen molar-refractivity contribution >= 4 is 54.6 Å². The Hall–Kier alpha value is -4.06. The molecule has 1 aliphatic heterocycles. The Kier molecular flexibility index (Phi) is 6.98. The molecule has 1 heterocycles. The van der Waals surface area contributed by atoms with Crippen LogP contribution in [-0.2, 0) is 24.8 Å². The average Bonchev–Trinajstić information content (AvgIpc) is 2.92. The van der Waals surface area contributed by atoms with Crippen LogP contribution in [-0.4, -0.2) is 36.4 Å². The number of benzene rings is 4. The van der Waals surface area contributed by atoms with E-state index in [0.29, 0.717) is 39.0 Å². The molecule has 12 heteroatoms. The standard InChI is InChI=1S/C27H22ClN3O6S2/c1-37-21-11-7-20(8-12-21)30-38(33,34)22-13-9-19(10-14-22)29-27(32)17-31-25-15-6-18(28)16-24(25)23-4-2-3-5-26(23)39(31,35)36/h2-16,30H,17H2,1H3,(H,29,32). The third kappa shape index (κ3) is 5.29. The number of sulfonamides is 2. The number of rotatable bonds is 7. The van der Waals surface area contributed by atoms with E-state index in [2.05, 4.69) is 10.0 Å². The molecular formula is C27H22ClN3O6S2. The highest BCUT2D eigenvalue weighted by atomic mass is 35.5. The first-order valence-electron chi connectivity index (χ1n) is 11.6. The van der Waals surface area contributed by atoms with Crippen LogP contribution < -0.4 is 19.1 Å². The van der Waals surface area contributed by atoms with E-state index in [1.807, 2.05) is 0 Å². The number of halogens is 1. The Morgan fingerprint density at radius 2 is 1.56 bits per heavy atom. The molecule has 0 saturated carbocycles. The highest BCUT2D eigenvalue weighted by molar-refractivity contribution is 7.93. The van der Waals surface area contributed by atoms with E-state index in [1.54, 1.807) is 60.7 Å². The van der Waals surface area contributed by atoms with Gasteiger partial charge in [-0.05, 0) is 72.8 Å². The van der Waals surface area contributed by atoms with Crippen LogP contribution in [0.2, 0.25) is 5.02 Å². The lowest BCUT2D eigenvalue weighted by atomic mass is 10.0. The Morgan fingerprint density at radius 3 is 2.26 bits per heavy atom. The summed E-state index contributed by atoms with van der Waals surface area (Å²) in [6.07, 6.45) is 0. The zero-order chi connectivity index (χ0) is 27.8. The molecule has 5 rings (SSSR count). The number of nitrogens with zero attached hydrogens (tertiary/aromatic N) is 1. The zero-order valence-corrected chi connectivity index (χ0v) is 22.8. The molecule has 0 spiro atoms. The highest BCUT2D eigenvalue weighted by Gasteiger charge is 2.36. The van der Waals surface area contributed by atoms with Gasteiger partial charge in [0.2, 0.25) is 5.91 Å². The van der Waals surface area contributed by atoms with Gasteiger partial charge in [0.25, 0.3) is 20.0 Å². The molecule has 9 nitrogen and oxygen atoms in total. The Bertz CT molecular complexity index is 1780. The van der Waals surface area contributed by atoms with Crippen LogP contribution in [0.4, 0.5) is 17.1 Å². The van der Waals surface area contributed by atoms with Crippen molar-refractivity contribution in [2.24, 2.45) is 0 Å². The van der Waals surface area contributed by atoms with E-state index >= 15 is 0 Å². The van der Waals surface area contributed by atoms with Gasteiger partial charge >= 0.3 is 0 Å². The monoisotopic (exact) mass is 583 g/mol. The van der Waals surface area contributed by atoms with Crippen molar-refractivity contribution in [3.8, 4) is 16.9 Å². The lowest BCUT2D eigenvalue weighted by Crippen LogP contribution is -2.40. The molecule has 0 aromatic heterocycles. The second-order valence-electron chi connectivity index (χ2n) is 8.58. The zero-order valence-electron chi connectivity index (χ0n) is 20.5. The number of fused-ring (bicyclic) bond motifs is 3. The topological polar surface area (TPSA) is 122 Å². The SMILES string of the molecule is COc1ccc(NS(=O)(=O)c2ccc(NC(=O)CN3c4ccc(Cl)cc4-c4ccccc4S3(=O)=O)cc2)cc1. The third-order valence-corrected chi connectivity index (χ3v) is 9.50. The first kappa shape index (κ1) is 26.5. The minimum atomic E-state index is -4.02. The summed E-state index contributed by atoms with van der Waals surface area (Å²) in [7, 11) is -6.39. The van der Waals surface area contributed by atoms with Crippen molar-refractivity contribution < 1.29 is 26.4 Å². The first-order valence-corrected chi connectivity index (χ1v) is 14.9. The van der Waals surface area contributed by atoms with E-state index in [0.717, 1.165) is 4.31 Å². The average molecular weight is 584 g/mol. The molecule has 0 aliphatic carbocycles. The highest BCUT2D eigenvalue weighted by Crippen LogP contribution is 2.43. The van der Waals surface area contributed by atoms with E-state index in [9.17, 15) is 21.6 Å². The summed E-state index contributed by atoms with van der Waals surface area (Å²) >= 11 is 6.18. The van der Waals surface area contributed by atoms with Gasteiger partial charge in [-0.15, -0.1) is 0 Å². The lowest BCUT2D eigenvalue weighted by molar-refractivity contribution is -0.114. The molecule has 1 aliphatic rings. The fraction of sp³-hybridized carbons (Fsp3) is 0.0741. The van der Waals surface area contributed by atoms with Crippen molar-refractivity contribution in [3.63, 3.8) is 0 Å². The van der Waals surface area contributed by atoms with E-state index in [1.165, 1.54) is 37.4 Å². The predicted molar refractivity (Wildman–Crippen MR) is 150 cm³/mol. The largest absolute Gasteiger partial charge is 0.497 e. The van der Waals surface area contributed by atoms with Gasteiger partial charge in [0, 0.05) is 27.5 Å². The number of hydrogen-bond donors (Lipinski definition) is 2. The lowest BCUT2D eigenvalue weighted by Gasteiger charge is -2.31. The Balaban J connectivity index is 1.33. The van der Waals surface area contributed by atoms with Crippen molar-refractivity contribution in [3.05, 3.63) is 96.0 Å². The molecule has 0 radical (unpaired) electrons. The number of ether oxygens (including phenoxy) is 1. The van der Waals surface area contributed by atoms with Gasteiger partial charge in [-0.2, -0.15) is 0 Å². The molecule has 0 unspecified atom stereocenters. The van der Waals surface area contributed by atoms with Crippen molar-refractivity contribution in [1.82, 2.24) is 0 Å². The third-order valence-electron chi connectivity index (χ3n) is 6.05. The molecule has 200 valence electrons. The van der Waals surface area contributed by atoms with Crippen LogP contribution in [0.3, 0.4) is 0 Å². The normalized spacial score (nSPS) is 13.6. The van der Waals surface area contributed by atoms with Crippen molar-refractivity contribution in [1.29, 1.82) is 0 Å². The molecule has 4 aromatic carbocycles. The summed E-state index contributed by atoms with van der Waals surface area (Å²) in [6, 6.07) is 23.2. The van der Waals surface area contributed by atoms with Gasteiger partial charge in [0.05, 0.1) is 22.6 Å². The number of amides is 1. The van der Waals surface area contributed by atoms with Crippen molar-refractivity contribution in [2.75, 3.05) is 28.0 Å². The maximum atomic E-state index is 13.4. The molecule has 0 atom stereocenters. The number of carbonyl (C=O) groups is 1. The van der Waals surface area contributed by atoms with Gasteiger partial charge in [-0.1, -0.05) is 29.8 Å². The summed E-state index contributed by atoms with van der Waals surface area (Å²) in [5, 5.41) is 3.07. The quantitative estimate of drug-likeness (QED) is 0.317. The van der Waals surface area contributed by atoms with Gasteiger partial charge in [0.15, 0.2) is 0 Å². The van der Waals surface area contributed by atoms with E-state index < -0.39 is 32.5 Å². The van der Waals surface area contributed by atoms with Crippen LogP contribution in [0.1, 0.15) is 0 Å². The van der Waals surface area contributed by atoms with Gasteiger partial charge in [0.1, 0.15) is 12.3 Å². The molecule has 0 saturated heterocycles. The summed E-state index contributed by atoms with van der Waals surface area (Å²) in [5.41, 5.74) is 2.10. The van der Waals surface area contributed by atoms with Crippen LogP contribution in [0, 0.1) is 0 Å². The van der Waals surface area contributed by atoms with Crippen LogP contribution >= 0.6 is 11.6 Å². The van der Waals surface area contributed by atoms with E-state index in [4.69, 9.17) is 16.3 Å². The van der Waals surface area contributed by atoms with Crippen molar-refractivity contribution in [2.45, 2.75) is 9.79 Å². The Morgan fingerprint density at radius 1 is 0.897 bits per heavy atom. The Labute approximate surface area is 231 Å². The molecule has 0 fully saturated rings. The second-order valence-corrected chi connectivity index (χ2v) is 12.5. The van der Waals surface area contributed by atoms with E-state index in [-0.39, 0.29) is 9.79 Å². The molecule has 39 heavy (non-hydrogen) atoms. The minimum Gasteiger partial charge on any atom is -0.497 e. The van der Waals surface area contributed by atoms with Gasteiger partial charge in [-0.25, -0.2) is 16.8 Å². The van der Waals surface area contributed by atoms with Crippen LogP contribution in [0.25, 0.3) is 11.1 Å². The maximum Gasteiger partial charge on any atom is 0.265 e. The summed E-state index contributed by atoms with van der Waals surface area (Å²) in [6.45, 7) is -0.496. The fourth-order valence-corrected chi connectivity index (χ4v) is 7.08. The number of anilines is 3. The molecule has 4 aromatic rings. The number of nitrogens with one attached hydrogen (secondary N) is 2. The predicted octanol–water partition coefficient (Wildman–Crippen LogP) is 4.96. The van der Waals surface area contributed by atoms with Crippen LogP contribution in [0.15, 0.2) is 101 Å². The molecule has 1 amide bonds. The van der Waals surface area contributed by atoms with Crippen LogP contribution in [0.5, 0.6) is 5.75 Å².